The van der Waals surface area contributed by atoms with Crippen LogP contribution in [0.1, 0.15) is 18.4 Å². The van der Waals surface area contributed by atoms with Crippen LogP contribution in [0.25, 0.3) is 0 Å². The van der Waals surface area contributed by atoms with Crippen LogP contribution in [0.5, 0.6) is 5.75 Å². The molecule has 1 heterocycles. The second-order valence-corrected chi connectivity index (χ2v) is 6.03. The predicted octanol–water partition coefficient (Wildman–Crippen LogP) is 0.765. The molecule has 0 fully saturated rings. The Balaban J connectivity index is 2.14. The molecule has 0 aromatic heterocycles. The molecule has 2 N–H and O–H groups in total. The summed E-state index contributed by atoms with van der Waals surface area (Å²) in [6.07, 6.45) is 1.41. The van der Waals surface area contributed by atoms with Crippen molar-refractivity contribution in [3.63, 3.8) is 0 Å². The number of rotatable bonds is 5. The van der Waals surface area contributed by atoms with Crippen LogP contribution >= 0.6 is 0 Å². The molecule has 1 aromatic rings. The van der Waals surface area contributed by atoms with Crippen molar-refractivity contribution in [2.75, 3.05) is 13.2 Å². The van der Waals surface area contributed by atoms with E-state index in [1.807, 2.05) is 0 Å². The highest BCUT2D eigenvalue weighted by atomic mass is 32.2. The summed E-state index contributed by atoms with van der Waals surface area (Å²) in [6.45, 7) is 0.529. The van der Waals surface area contributed by atoms with Crippen LogP contribution in [-0.2, 0) is 21.2 Å². The van der Waals surface area contributed by atoms with Gasteiger partial charge in [0.15, 0.2) is 0 Å². The third-order valence-electron chi connectivity index (χ3n) is 2.82. The number of ether oxygens (including phenoxy) is 1. The quantitative estimate of drug-likeness (QED) is 0.833. The Morgan fingerprint density at radius 2 is 2.21 bits per heavy atom. The third-order valence-corrected chi connectivity index (χ3v) is 4.28. The molecule has 0 saturated carbocycles. The molecule has 104 valence electrons. The molecule has 0 saturated heterocycles. The summed E-state index contributed by atoms with van der Waals surface area (Å²) < 4.78 is 31.6. The number of carbonyl (C=O) groups is 1. The van der Waals surface area contributed by atoms with Gasteiger partial charge in [-0.3, -0.25) is 4.79 Å². The van der Waals surface area contributed by atoms with Crippen LogP contribution in [0.15, 0.2) is 23.1 Å². The zero-order valence-corrected chi connectivity index (χ0v) is 11.1. The molecular formula is C12H15NO5S. The van der Waals surface area contributed by atoms with E-state index in [1.165, 1.54) is 6.07 Å². The molecule has 0 bridgehead atoms. The van der Waals surface area contributed by atoms with Gasteiger partial charge in [-0.25, -0.2) is 13.1 Å². The van der Waals surface area contributed by atoms with Gasteiger partial charge in [0.2, 0.25) is 10.0 Å². The van der Waals surface area contributed by atoms with Crippen molar-refractivity contribution in [2.24, 2.45) is 0 Å². The number of fused-ring (bicyclic) bond motifs is 1. The molecule has 0 aliphatic carbocycles. The summed E-state index contributed by atoms with van der Waals surface area (Å²) in [5, 5.41) is 8.49. The first-order chi connectivity index (χ1) is 8.99. The van der Waals surface area contributed by atoms with Crippen LogP contribution in [-0.4, -0.2) is 32.6 Å². The molecule has 0 radical (unpaired) electrons. The predicted molar refractivity (Wildman–Crippen MR) is 67.7 cm³/mol. The van der Waals surface area contributed by atoms with Gasteiger partial charge in [0.25, 0.3) is 0 Å². The standard InChI is InChI=1S/C12H15NO5S/c14-12(15)5-6-13-19(16,17)10-3-4-11-9(8-10)2-1-7-18-11/h3-4,8,13H,1-2,5-7H2,(H,14,15). The van der Waals surface area contributed by atoms with E-state index in [4.69, 9.17) is 9.84 Å². The fraction of sp³-hybridized carbons (Fsp3) is 0.417. The van der Waals surface area contributed by atoms with E-state index in [0.717, 1.165) is 24.2 Å². The van der Waals surface area contributed by atoms with E-state index >= 15 is 0 Å². The minimum Gasteiger partial charge on any atom is -0.493 e. The highest BCUT2D eigenvalue weighted by Crippen LogP contribution is 2.27. The average Bonchev–Trinajstić information content (AvgIpc) is 2.37. The number of benzene rings is 1. The smallest absolute Gasteiger partial charge is 0.304 e. The maximum atomic E-state index is 12.0. The van der Waals surface area contributed by atoms with Crippen LogP contribution < -0.4 is 9.46 Å². The summed E-state index contributed by atoms with van der Waals surface area (Å²) in [4.78, 5) is 10.5. The summed E-state index contributed by atoms with van der Waals surface area (Å²) in [7, 11) is -3.66. The average molecular weight is 285 g/mol. The van der Waals surface area contributed by atoms with Gasteiger partial charge in [-0.2, -0.15) is 0 Å². The first-order valence-electron chi connectivity index (χ1n) is 5.96. The number of hydrogen-bond donors (Lipinski definition) is 2. The van der Waals surface area contributed by atoms with Crippen LogP contribution in [0.3, 0.4) is 0 Å². The SMILES string of the molecule is O=C(O)CCNS(=O)(=O)c1ccc2c(c1)CCCO2. The maximum absolute atomic E-state index is 12.0. The topological polar surface area (TPSA) is 92.7 Å². The van der Waals surface area contributed by atoms with Gasteiger partial charge in [-0.1, -0.05) is 0 Å². The van der Waals surface area contributed by atoms with E-state index < -0.39 is 16.0 Å². The van der Waals surface area contributed by atoms with E-state index in [2.05, 4.69) is 4.72 Å². The highest BCUT2D eigenvalue weighted by molar-refractivity contribution is 7.89. The number of aryl methyl sites for hydroxylation is 1. The van der Waals surface area contributed by atoms with E-state index in [9.17, 15) is 13.2 Å². The maximum Gasteiger partial charge on any atom is 0.304 e. The van der Waals surface area contributed by atoms with Crippen molar-refractivity contribution in [3.05, 3.63) is 23.8 Å². The highest BCUT2D eigenvalue weighted by Gasteiger charge is 2.18. The van der Waals surface area contributed by atoms with Gasteiger partial charge in [-0.05, 0) is 36.6 Å². The number of nitrogens with one attached hydrogen (secondary N) is 1. The molecule has 0 unspecified atom stereocenters. The second-order valence-electron chi connectivity index (χ2n) is 4.26. The lowest BCUT2D eigenvalue weighted by Gasteiger charge is -2.17. The zero-order valence-electron chi connectivity index (χ0n) is 10.3. The number of aliphatic carboxylic acids is 1. The Morgan fingerprint density at radius 1 is 1.42 bits per heavy atom. The molecule has 6 nitrogen and oxygen atoms in total. The van der Waals surface area contributed by atoms with Crippen molar-refractivity contribution >= 4 is 16.0 Å². The molecule has 1 aliphatic heterocycles. The zero-order chi connectivity index (χ0) is 13.9. The Morgan fingerprint density at radius 3 is 2.95 bits per heavy atom. The minimum absolute atomic E-state index is 0.120. The third kappa shape index (κ3) is 3.45. The Hall–Kier alpha value is -1.60. The van der Waals surface area contributed by atoms with E-state index in [0.29, 0.717) is 6.61 Å². The lowest BCUT2D eigenvalue weighted by atomic mass is 10.1. The van der Waals surface area contributed by atoms with Crippen molar-refractivity contribution in [1.29, 1.82) is 0 Å². The van der Waals surface area contributed by atoms with Crippen LogP contribution in [0, 0.1) is 0 Å². The second kappa shape index (κ2) is 5.58. The first kappa shape index (κ1) is 13.8. The van der Waals surface area contributed by atoms with Crippen molar-refractivity contribution in [3.8, 4) is 5.75 Å². The Labute approximate surface area is 111 Å². The molecule has 2 rings (SSSR count). The minimum atomic E-state index is -3.66. The Bertz CT molecular complexity index is 582. The van der Waals surface area contributed by atoms with Crippen molar-refractivity contribution < 1.29 is 23.1 Å². The van der Waals surface area contributed by atoms with Gasteiger partial charge in [0.1, 0.15) is 5.75 Å². The molecule has 0 atom stereocenters. The Kier molecular flexibility index (Phi) is 4.06. The summed E-state index contributed by atoms with van der Waals surface area (Å²) in [6, 6.07) is 4.69. The summed E-state index contributed by atoms with van der Waals surface area (Å²) >= 11 is 0. The number of carboxylic acids is 1. The van der Waals surface area contributed by atoms with Gasteiger partial charge in [0.05, 0.1) is 17.9 Å². The van der Waals surface area contributed by atoms with Gasteiger partial charge < -0.3 is 9.84 Å². The largest absolute Gasteiger partial charge is 0.493 e. The fourth-order valence-electron chi connectivity index (χ4n) is 1.88. The molecule has 1 aliphatic rings. The van der Waals surface area contributed by atoms with E-state index in [1.54, 1.807) is 12.1 Å². The molecule has 19 heavy (non-hydrogen) atoms. The number of hydrogen-bond acceptors (Lipinski definition) is 4. The molecule has 0 amide bonds. The van der Waals surface area contributed by atoms with Crippen molar-refractivity contribution in [2.45, 2.75) is 24.2 Å². The lowest BCUT2D eigenvalue weighted by molar-refractivity contribution is -0.136. The van der Waals surface area contributed by atoms with Gasteiger partial charge in [0, 0.05) is 6.54 Å². The molecule has 0 spiro atoms. The lowest BCUT2D eigenvalue weighted by Crippen LogP contribution is -2.26. The first-order valence-corrected chi connectivity index (χ1v) is 7.44. The summed E-state index contributed by atoms with van der Waals surface area (Å²) in [5.74, 6) is -0.322. The van der Waals surface area contributed by atoms with Crippen LogP contribution in [0.4, 0.5) is 0 Å². The van der Waals surface area contributed by atoms with Gasteiger partial charge >= 0.3 is 5.97 Å². The molecule has 7 heteroatoms. The molecular weight excluding hydrogens is 270 g/mol. The van der Waals surface area contributed by atoms with Crippen LogP contribution in [0.2, 0.25) is 0 Å². The number of carboxylic acid groups (broad SMARTS) is 1. The number of sulfonamides is 1. The van der Waals surface area contributed by atoms with Gasteiger partial charge in [-0.15, -0.1) is 0 Å². The molecule has 1 aromatic carbocycles. The van der Waals surface area contributed by atoms with Crippen molar-refractivity contribution in [1.82, 2.24) is 4.72 Å². The van der Waals surface area contributed by atoms with E-state index in [-0.39, 0.29) is 17.9 Å². The fourth-order valence-corrected chi connectivity index (χ4v) is 2.96. The summed E-state index contributed by atoms with van der Waals surface area (Å²) in [5.41, 5.74) is 0.868. The normalized spacial score (nSPS) is 14.5. The monoisotopic (exact) mass is 285 g/mol.